The molecule has 0 bridgehead atoms. The number of nitrogens with one attached hydrogen (secondary N) is 1. The fourth-order valence-corrected chi connectivity index (χ4v) is 2.67. The number of β-amino-alcohol motifs (C(OH)–C–C–N with tert-alkyl or cyclic N) is 1. The number of carbonyl (C=O) groups is 1. The largest absolute Gasteiger partial charge is 0.389 e. The highest BCUT2D eigenvalue weighted by atomic mass is 16.3. The highest BCUT2D eigenvalue weighted by Gasteiger charge is 2.27. The van der Waals surface area contributed by atoms with Gasteiger partial charge in [-0.2, -0.15) is 0 Å². The van der Waals surface area contributed by atoms with Crippen molar-refractivity contribution in [2.24, 2.45) is 5.92 Å². The van der Waals surface area contributed by atoms with Crippen molar-refractivity contribution in [2.75, 3.05) is 25.0 Å². The minimum absolute atomic E-state index is 0.0335. The van der Waals surface area contributed by atoms with Gasteiger partial charge in [0.2, 0.25) is 5.91 Å². The van der Waals surface area contributed by atoms with E-state index >= 15 is 0 Å². The number of aromatic nitrogens is 1. The number of aliphatic hydroxyl groups is 1. The normalized spacial score (nSPS) is 17.7. The third-order valence-corrected chi connectivity index (χ3v) is 3.73. The lowest BCUT2D eigenvalue weighted by molar-refractivity contribution is -0.121. The van der Waals surface area contributed by atoms with Gasteiger partial charge in [-0.05, 0) is 58.3 Å². The number of hydrogen-bond acceptors (Lipinski definition) is 4. The molecule has 0 spiro atoms. The summed E-state index contributed by atoms with van der Waals surface area (Å²) in [6, 6.07) is 3.77. The number of aryl methyl sites for hydroxylation is 1. The van der Waals surface area contributed by atoms with Gasteiger partial charge in [0.25, 0.3) is 0 Å². The molecule has 2 heterocycles. The Hall–Kier alpha value is -1.46. The number of hydrogen-bond donors (Lipinski definition) is 2. The number of amides is 1. The number of rotatable bonds is 4. The predicted octanol–water partition coefficient (Wildman–Crippen LogP) is 1.81. The van der Waals surface area contributed by atoms with Crippen LogP contribution >= 0.6 is 0 Å². The zero-order valence-electron chi connectivity index (χ0n) is 13.1. The average Bonchev–Trinajstić information content (AvgIpc) is 2.40. The molecular weight excluding hydrogens is 266 g/mol. The molecule has 116 valence electrons. The highest BCUT2D eigenvalue weighted by molar-refractivity contribution is 5.91. The smallest absolute Gasteiger partial charge is 0.228 e. The first kappa shape index (κ1) is 15.9. The van der Waals surface area contributed by atoms with E-state index in [0.29, 0.717) is 12.4 Å². The van der Waals surface area contributed by atoms with Crippen LogP contribution in [-0.2, 0) is 4.79 Å². The van der Waals surface area contributed by atoms with E-state index in [2.05, 4.69) is 15.2 Å². The Labute approximate surface area is 126 Å². The van der Waals surface area contributed by atoms with Crippen LogP contribution in [0.5, 0.6) is 0 Å². The number of anilines is 1. The first-order valence-corrected chi connectivity index (χ1v) is 7.52. The summed E-state index contributed by atoms with van der Waals surface area (Å²) in [6.45, 7) is 7.95. The molecule has 21 heavy (non-hydrogen) atoms. The summed E-state index contributed by atoms with van der Waals surface area (Å²) in [4.78, 5) is 18.6. The predicted molar refractivity (Wildman–Crippen MR) is 83.1 cm³/mol. The van der Waals surface area contributed by atoms with E-state index in [1.807, 2.05) is 32.9 Å². The molecule has 1 aliphatic heterocycles. The second-order valence-corrected chi connectivity index (χ2v) is 6.57. The minimum Gasteiger partial charge on any atom is -0.389 e. The van der Waals surface area contributed by atoms with Crippen LogP contribution in [0, 0.1) is 12.8 Å². The van der Waals surface area contributed by atoms with Gasteiger partial charge in [0.15, 0.2) is 0 Å². The van der Waals surface area contributed by atoms with Crippen molar-refractivity contribution in [3.8, 4) is 0 Å². The standard InChI is InChI=1S/C16H25N3O2/c1-12-4-5-14(17-10-12)18-15(20)13-6-8-19(9-7-13)11-16(2,3)21/h4-5,10,13,21H,6-9,11H2,1-3H3,(H,17,18,20). The maximum Gasteiger partial charge on any atom is 0.228 e. The Morgan fingerprint density at radius 3 is 2.62 bits per heavy atom. The van der Waals surface area contributed by atoms with Crippen LogP contribution in [-0.4, -0.2) is 46.1 Å². The molecule has 5 nitrogen and oxygen atoms in total. The zero-order valence-corrected chi connectivity index (χ0v) is 13.1. The average molecular weight is 291 g/mol. The van der Waals surface area contributed by atoms with Crippen molar-refractivity contribution in [1.29, 1.82) is 0 Å². The number of pyridine rings is 1. The summed E-state index contributed by atoms with van der Waals surface area (Å²) in [5.74, 6) is 0.699. The number of carbonyl (C=O) groups excluding carboxylic acids is 1. The Kier molecular flexibility index (Phi) is 4.96. The summed E-state index contributed by atoms with van der Waals surface area (Å²) in [6.07, 6.45) is 3.41. The van der Waals surface area contributed by atoms with Gasteiger partial charge in [0, 0.05) is 18.7 Å². The summed E-state index contributed by atoms with van der Waals surface area (Å²) in [5, 5.41) is 12.7. The molecule has 0 aliphatic carbocycles. The topological polar surface area (TPSA) is 65.5 Å². The summed E-state index contributed by atoms with van der Waals surface area (Å²) in [5.41, 5.74) is 0.397. The fraction of sp³-hybridized carbons (Fsp3) is 0.625. The number of likely N-dealkylation sites (tertiary alicyclic amines) is 1. The van der Waals surface area contributed by atoms with Crippen molar-refractivity contribution < 1.29 is 9.90 Å². The fourth-order valence-electron chi connectivity index (χ4n) is 2.67. The molecule has 0 unspecified atom stereocenters. The second kappa shape index (κ2) is 6.54. The van der Waals surface area contributed by atoms with Gasteiger partial charge in [-0.25, -0.2) is 4.98 Å². The van der Waals surface area contributed by atoms with Gasteiger partial charge in [-0.3, -0.25) is 4.79 Å². The minimum atomic E-state index is -0.680. The van der Waals surface area contributed by atoms with Crippen LogP contribution in [0.25, 0.3) is 0 Å². The SMILES string of the molecule is Cc1ccc(NC(=O)C2CCN(CC(C)(C)O)CC2)nc1. The summed E-state index contributed by atoms with van der Waals surface area (Å²) >= 11 is 0. The number of nitrogens with zero attached hydrogens (tertiary/aromatic N) is 2. The van der Waals surface area contributed by atoms with Crippen LogP contribution in [0.1, 0.15) is 32.3 Å². The molecule has 0 aromatic carbocycles. The van der Waals surface area contributed by atoms with Gasteiger partial charge >= 0.3 is 0 Å². The van der Waals surface area contributed by atoms with Gasteiger partial charge < -0.3 is 15.3 Å². The molecule has 1 amide bonds. The van der Waals surface area contributed by atoms with E-state index in [9.17, 15) is 9.90 Å². The van der Waals surface area contributed by atoms with Crippen LogP contribution in [0.15, 0.2) is 18.3 Å². The van der Waals surface area contributed by atoms with Gasteiger partial charge in [0.1, 0.15) is 5.82 Å². The third-order valence-electron chi connectivity index (χ3n) is 3.73. The molecule has 2 rings (SSSR count). The lowest BCUT2D eigenvalue weighted by Gasteiger charge is -2.34. The van der Waals surface area contributed by atoms with Crippen molar-refractivity contribution in [1.82, 2.24) is 9.88 Å². The van der Waals surface area contributed by atoms with E-state index in [4.69, 9.17) is 0 Å². The van der Waals surface area contributed by atoms with Crippen LogP contribution in [0.3, 0.4) is 0 Å². The van der Waals surface area contributed by atoms with Gasteiger partial charge in [-0.1, -0.05) is 6.07 Å². The van der Waals surface area contributed by atoms with E-state index in [1.54, 1.807) is 6.20 Å². The Morgan fingerprint density at radius 1 is 1.43 bits per heavy atom. The van der Waals surface area contributed by atoms with Crippen LogP contribution in [0.4, 0.5) is 5.82 Å². The lowest BCUT2D eigenvalue weighted by Crippen LogP contribution is -2.44. The molecule has 0 radical (unpaired) electrons. The molecule has 1 saturated heterocycles. The van der Waals surface area contributed by atoms with E-state index < -0.39 is 5.60 Å². The Balaban J connectivity index is 1.81. The maximum absolute atomic E-state index is 12.2. The van der Waals surface area contributed by atoms with E-state index in [-0.39, 0.29) is 11.8 Å². The summed E-state index contributed by atoms with van der Waals surface area (Å²) < 4.78 is 0. The van der Waals surface area contributed by atoms with Crippen molar-refractivity contribution in [2.45, 2.75) is 39.2 Å². The Bertz CT molecular complexity index is 471. The van der Waals surface area contributed by atoms with Crippen molar-refractivity contribution in [3.05, 3.63) is 23.9 Å². The molecule has 5 heteroatoms. The maximum atomic E-state index is 12.2. The molecule has 1 fully saturated rings. The molecule has 0 saturated carbocycles. The summed E-state index contributed by atoms with van der Waals surface area (Å²) in [7, 11) is 0. The highest BCUT2D eigenvalue weighted by Crippen LogP contribution is 2.20. The van der Waals surface area contributed by atoms with E-state index in [0.717, 1.165) is 31.5 Å². The van der Waals surface area contributed by atoms with Crippen LogP contribution in [0.2, 0.25) is 0 Å². The van der Waals surface area contributed by atoms with Gasteiger partial charge in [0.05, 0.1) is 5.60 Å². The second-order valence-electron chi connectivity index (χ2n) is 6.57. The Morgan fingerprint density at radius 2 is 2.10 bits per heavy atom. The molecular formula is C16H25N3O2. The van der Waals surface area contributed by atoms with Gasteiger partial charge in [-0.15, -0.1) is 0 Å². The first-order chi connectivity index (χ1) is 9.83. The van der Waals surface area contributed by atoms with Crippen LogP contribution < -0.4 is 5.32 Å². The molecule has 1 aromatic heterocycles. The van der Waals surface area contributed by atoms with E-state index in [1.165, 1.54) is 0 Å². The molecule has 1 aromatic rings. The zero-order chi connectivity index (χ0) is 15.5. The number of piperidine rings is 1. The van der Waals surface area contributed by atoms with Crippen molar-refractivity contribution in [3.63, 3.8) is 0 Å². The molecule has 0 atom stereocenters. The molecule has 2 N–H and O–H groups in total. The van der Waals surface area contributed by atoms with Crippen molar-refractivity contribution >= 4 is 11.7 Å². The lowest BCUT2D eigenvalue weighted by atomic mass is 9.95. The molecule has 1 aliphatic rings. The monoisotopic (exact) mass is 291 g/mol. The third kappa shape index (κ3) is 5.10. The quantitative estimate of drug-likeness (QED) is 0.888. The first-order valence-electron chi connectivity index (χ1n) is 7.52.